The van der Waals surface area contributed by atoms with Crippen LogP contribution >= 0.6 is 22.7 Å². The molecule has 1 aliphatic carbocycles. The maximum Gasteiger partial charge on any atom is 0.230 e. The van der Waals surface area contributed by atoms with Gasteiger partial charge in [-0.25, -0.2) is 9.97 Å². The molecule has 23 heavy (non-hydrogen) atoms. The zero-order valence-electron chi connectivity index (χ0n) is 12.5. The molecule has 0 bridgehead atoms. The maximum absolute atomic E-state index is 12.6. The highest BCUT2D eigenvalue weighted by molar-refractivity contribution is 7.14. The minimum atomic E-state index is -0.400. The molecule has 0 aliphatic heterocycles. The molecule has 0 aromatic carbocycles. The monoisotopic (exact) mass is 348 g/mol. The third kappa shape index (κ3) is 3.83. The minimum absolute atomic E-state index is 0.160. The summed E-state index contributed by atoms with van der Waals surface area (Å²) in [4.78, 5) is 33.2. The Hall–Kier alpha value is -2.06. The van der Waals surface area contributed by atoms with Gasteiger partial charge < -0.3 is 10.6 Å². The molecule has 1 aliphatic rings. The van der Waals surface area contributed by atoms with Crippen molar-refractivity contribution in [2.75, 3.05) is 10.6 Å². The molecule has 3 rings (SSSR count). The fourth-order valence-corrected chi connectivity index (χ4v) is 3.66. The molecule has 2 aromatic heterocycles. The van der Waals surface area contributed by atoms with Gasteiger partial charge in [-0.15, -0.1) is 22.7 Å². The van der Waals surface area contributed by atoms with Crippen LogP contribution in [0.5, 0.6) is 0 Å². The highest BCUT2D eigenvalue weighted by Crippen LogP contribution is 2.32. The van der Waals surface area contributed by atoms with Gasteiger partial charge in [-0.05, 0) is 19.8 Å². The first-order valence-corrected chi connectivity index (χ1v) is 8.96. The summed E-state index contributed by atoms with van der Waals surface area (Å²) < 4.78 is 0. The Kier molecular flexibility index (Phi) is 4.82. The van der Waals surface area contributed by atoms with Crippen molar-refractivity contribution in [1.82, 2.24) is 9.97 Å². The quantitative estimate of drug-likeness (QED) is 0.831. The lowest BCUT2D eigenvalue weighted by Gasteiger charge is -2.28. The molecule has 0 unspecified atom stereocenters. The number of amides is 2. The Morgan fingerprint density at radius 2 is 1.61 bits per heavy atom. The van der Waals surface area contributed by atoms with E-state index in [2.05, 4.69) is 20.6 Å². The Morgan fingerprint density at radius 3 is 2.13 bits per heavy atom. The molecule has 2 heterocycles. The van der Waals surface area contributed by atoms with Crippen molar-refractivity contribution >= 4 is 44.8 Å². The van der Waals surface area contributed by atoms with Gasteiger partial charge >= 0.3 is 0 Å². The maximum atomic E-state index is 12.6. The standard InChI is InChI=1S/C15H16N4O2S2/c1-9-2-3-10(12(20)18-14-16-4-6-22-14)11(8-9)13(21)19-15-17-5-7-23-15/h2,4-7,10-11H,3,8H2,1H3,(H,16,18,20)(H,17,19,21)/t10-,11-/m1/s1. The van der Waals surface area contributed by atoms with E-state index in [1.807, 2.05) is 13.0 Å². The lowest BCUT2D eigenvalue weighted by Crippen LogP contribution is -2.38. The summed E-state index contributed by atoms with van der Waals surface area (Å²) in [6.45, 7) is 1.98. The zero-order valence-corrected chi connectivity index (χ0v) is 14.1. The van der Waals surface area contributed by atoms with Gasteiger partial charge in [0, 0.05) is 23.2 Å². The van der Waals surface area contributed by atoms with E-state index < -0.39 is 11.8 Å². The van der Waals surface area contributed by atoms with Gasteiger partial charge in [-0.2, -0.15) is 0 Å². The summed E-state index contributed by atoms with van der Waals surface area (Å²) in [5, 5.41) is 10.3. The summed E-state index contributed by atoms with van der Waals surface area (Å²) >= 11 is 2.72. The van der Waals surface area contributed by atoms with E-state index in [-0.39, 0.29) is 11.8 Å². The fraction of sp³-hybridized carbons (Fsp3) is 0.333. The van der Waals surface area contributed by atoms with Crippen LogP contribution in [0, 0.1) is 11.8 Å². The number of carbonyl (C=O) groups is 2. The van der Waals surface area contributed by atoms with E-state index in [9.17, 15) is 9.59 Å². The predicted molar refractivity (Wildman–Crippen MR) is 91.5 cm³/mol. The van der Waals surface area contributed by atoms with Gasteiger partial charge in [-0.1, -0.05) is 11.6 Å². The second kappa shape index (κ2) is 7.01. The molecule has 2 aromatic rings. The van der Waals surface area contributed by atoms with E-state index in [0.29, 0.717) is 23.1 Å². The first-order chi connectivity index (χ1) is 11.1. The smallest absolute Gasteiger partial charge is 0.230 e. The van der Waals surface area contributed by atoms with Crippen molar-refractivity contribution in [2.24, 2.45) is 11.8 Å². The molecule has 6 nitrogen and oxygen atoms in total. The van der Waals surface area contributed by atoms with Gasteiger partial charge in [0.2, 0.25) is 11.8 Å². The predicted octanol–water partition coefficient (Wildman–Crippen LogP) is 3.15. The van der Waals surface area contributed by atoms with E-state index >= 15 is 0 Å². The number of thiazole rings is 2. The number of nitrogens with zero attached hydrogens (tertiary/aromatic N) is 2. The summed E-state index contributed by atoms with van der Waals surface area (Å²) in [6.07, 6.45) is 6.43. The van der Waals surface area contributed by atoms with Crippen molar-refractivity contribution in [3.8, 4) is 0 Å². The van der Waals surface area contributed by atoms with E-state index in [1.54, 1.807) is 23.2 Å². The summed E-state index contributed by atoms with van der Waals surface area (Å²) in [7, 11) is 0. The Bertz CT molecular complexity index is 710. The number of hydrogen-bond acceptors (Lipinski definition) is 6. The molecule has 0 saturated heterocycles. The van der Waals surface area contributed by atoms with Crippen LogP contribution < -0.4 is 10.6 Å². The number of hydrogen-bond donors (Lipinski definition) is 2. The van der Waals surface area contributed by atoms with Crippen LogP contribution in [-0.2, 0) is 9.59 Å². The number of aromatic nitrogens is 2. The molecular weight excluding hydrogens is 332 g/mol. The average molecular weight is 348 g/mol. The summed E-state index contributed by atoms with van der Waals surface area (Å²) in [5.74, 6) is -1.12. The molecule has 8 heteroatoms. The third-order valence-electron chi connectivity index (χ3n) is 3.75. The number of nitrogens with one attached hydrogen (secondary N) is 2. The molecule has 0 fully saturated rings. The minimum Gasteiger partial charge on any atom is -0.302 e. The largest absolute Gasteiger partial charge is 0.302 e. The van der Waals surface area contributed by atoms with E-state index in [0.717, 1.165) is 5.57 Å². The molecular formula is C15H16N4O2S2. The average Bonchev–Trinajstić information content (AvgIpc) is 3.20. The summed E-state index contributed by atoms with van der Waals surface area (Å²) in [6, 6.07) is 0. The zero-order chi connectivity index (χ0) is 16.2. The van der Waals surface area contributed by atoms with Crippen LogP contribution in [0.4, 0.5) is 10.3 Å². The SMILES string of the molecule is CC1=CC[C@@H](C(=O)Nc2nccs2)[C@H](C(=O)Nc2nccs2)C1. The molecule has 2 N–H and O–H groups in total. The second-order valence-corrected chi connectivity index (χ2v) is 7.15. The van der Waals surface area contributed by atoms with Crippen molar-refractivity contribution < 1.29 is 9.59 Å². The van der Waals surface area contributed by atoms with Gasteiger partial charge in [-0.3, -0.25) is 9.59 Å². The first kappa shape index (κ1) is 15.8. The Morgan fingerprint density at radius 1 is 1.04 bits per heavy atom. The first-order valence-electron chi connectivity index (χ1n) is 7.20. The molecule has 0 saturated carbocycles. The number of rotatable bonds is 4. The van der Waals surface area contributed by atoms with Crippen molar-refractivity contribution in [2.45, 2.75) is 19.8 Å². The Labute approximate surface area is 141 Å². The summed E-state index contributed by atoms with van der Waals surface area (Å²) in [5.41, 5.74) is 1.13. The van der Waals surface area contributed by atoms with E-state index in [1.165, 1.54) is 22.7 Å². The van der Waals surface area contributed by atoms with Crippen LogP contribution in [0.1, 0.15) is 19.8 Å². The van der Waals surface area contributed by atoms with E-state index in [4.69, 9.17) is 0 Å². The highest BCUT2D eigenvalue weighted by Gasteiger charge is 2.36. The van der Waals surface area contributed by atoms with Crippen molar-refractivity contribution in [1.29, 1.82) is 0 Å². The molecule has 120 valence electrons. The van der Waals surface area contributed by atoms with Crippen LogP contribution in [0.2, 0.25) is 0 Å². The van der Waals surface area contributed by atoms with Crippen LogP contribution in [0.15, 0.2) is 34.8 Å². The lowest BCUT2D eigenvalue weighted by atomic mass is 9.79. The van der Waals surface area contributed by atoms with Crippen molar-refractivity contribution in [3.05, 3.63) is 34.8 Å². The van der Waals surface area contributed by atoms with Gasteiger partial charge in [0.15, 0.2) is 10.3 Å². The van der Waals surface area contributed by atoms with Crippen molar-refractivity contribution in [3.63, 3.8) is 0 Å². The van der Waals surface area contributed by atoms with Crippen LogP contribution in [0.25, 0.3) is 0 Å². The molecule has 2 amide bonds. The third-order valence-corrected chi connectivity index (χ3v) is 5.12. The highest BCUT2D eigenvalue weighted by atomic mass is 32.1. The fourth-order valence-electron chi connectivity index (χ4n) is 2.60. The number of anilines is 2. The molecule has 0 spiro atoms. The Balaban J connectivity index is 1.73. The molecule has 2 atom stereocenters. The van der Waals surface area contributed by atoms with Gasteiger partial charge in [0.05, 0.1) is 11.8 Å². The normalized spacial score (nSPS) is 20.7. The molecule has 0 radical (unpaired) electrons. The second-order valence-electron chi connectivity index (χ2n) is 5.36. The number of carbonyl (C=O) groups excluding carboxylic acids is 2. The van der Waals surface area contributed by atoms with Gasteiger partial charge in [0.25, 0.3) is 0 Å². The van der Waals surface area contributed by atoms with Gasteiger partial charge in [0.1, 0.15) is 0 Å². The number of allylic oxidation sites excluding steroid dienone is 2. The lowest BCUT2D eigenvalue weighted by molar-refractivity contribution is -0.129. The topological polar surface area (TPSA) is 84.0 Å². The van der Waals surface area contributed by atoms with Crippen LogP contribution in [0.3, 0.4) is 0 Å². The van der Waals surface area contributed by atoms with Crippen LogP contribution in [-0.4, -0.2) is 21.8 Å².